The maximum atomic E-state index is 13.9. The van der Waals surface area contributed by atoms with Crippen LogP contribution in [-0.4, -0.2) is 60.7 Å². The van der Waals surface area contributed by atoms with E-state index in [0.717, 1.165) is 33.0 Å². The number of Topliss-reactive ketones (excluding diaryl/α,β-unsaturated/α-hetero) is 1. The number of amides is 2. The Labute approximate surface area is 226 Å². The van der Waals surface area contributed by atoms with E-state index in [1.807, 2.05) is 31.2 Å². The summed E-state index contributed by atoms with van der Waals surface area (Å²) in [5.41, 5.74) is 5.77. The molecule has 0 saturated heterocycles. The molecular formula is C30H30ClN3O4. The fourth-order valence-corrected chi connectivity index (χ4v) is 5.84. The van der Waals surface area contributed by atoms with E-state index in [1.54, 1.807) is 42.1 Å². The molecule has 5 rings (SSSR count). The largest absolute Gasteiger partial charge is 0.507 e. The van der Waals surface area contributed by atoms with Crippen molar-refractivity contribution < 1.29 is 19.5 Å². The number of phenolic OH excluding ortho intramolecular Hbond substituents is 1. The fraction of sp³-hybridized carbons (Fsp3) is 0.300. The zero-order valence-corrected chi connectivity index (χ0v) is 22.6. The third-order valence-corrected chi connectivity index (χ3v) is 7.65. The van der Waals surface area contributed by atoms with Crippen LogP contribution in [0.1, 0.15) is 45.5 Å². The Bertz CT molecular complexity index is 1540. The van der Waals surface area contributed by atoms with Crippen LogP contribution in [-0.2, 0) is 16.0 Å². The van der Waals surface area contributed by atoms with Gasteiger partial charge in [-0.3, -0.25) is 14.4 Å². The number of alkyl halides is 1. The smallest absolute Gasteiger partial charge is 0.254 e. The molecule has 8 heteroatoms. The summed E-state index contributed by atoms with van der Waals surface area (Å²) in [7, 11) is 3.59. The molecule has 3 aromatic carbocycles. The standard InChI is InChI=1S/C30H30ClN3O4/c1-16-6-5-7-22-26(36)12-25-29(28(16)22)21(13-31)14-34(25)30(38)20-8-18-10-23(17(2)35)24(11-19(18)9-20)32-27(37)15-33(3)4/h5-8,10-12,21,36H,9,13-15H2,1-4H3,(H,32,37)/t21-/m1/s1. The number of aromatic hydroxyl groups is 1. The number of nitrogens with zero attached hydrogens (tertiary/aromatic N) is 2. The minimum absolute atomic E-state index is 0.0629. The summed E-state index contributed by atoms with van der Waals surface area (Å²) in [5, 5.41) is 15.3. The number of nitrogens with one attached hydrogen (secondary N) is 1. The van der Waals surface area contributed by atoms with Crippen molar-refractivity contribution in [3.8, 4) is 5.75 Å². The monoisotopic (exact) mass is 531 g/mol. The average Bonchev–Trinajstić information content (AvgIpc) is 3.43. The topological polar surface area (TPSA) is 90.0 Å². The molecule has 1 aliphatic heterocycles. The number of aryl methyl sites for hydroxylation is 1. The third kappa shape index (κ3) is 4.46. The van der Waals surface area contributed by atoms with E-state index in [4.69, 9.17) is 11.6 Å². The van der Waals surface area contributed by atoms with E-state index in [1.165, 1.54) is 6.92 Å². The van der Waals surface area contributed by atoms with Crippen LogP contribution < -0.4 is 10.2 Å². The van der Waals surface area contributed by atoms with Gasteiger partial charge in [-0.25, -0.2) is 0 Å². The number of halogens is 1. The van der Waals surface area contributed by atoms with E-state index >= 15 is 0 Å². The Morgan fingerprint density at radius 3 is 2.63 bits per heavy atom. The summed E-state index contributed by atoms with van der Waals surface area (Å²) in [6.45, 7) is 4.06. The highest BCUT2D eigenvalue weighted by atomic mass is 35.5. The number of carbonyl (C=O) groups is 3. The first-order chi connectivity index (χ1) is 18.1. The molecule has 1 heterocycles. The van der Waals surface area contributed by atoms with Crippen molar-refractivity contribution in [2.75, 3.05) is 43.3 Å². The summed E-state index contributed by atoms with van der Waals surface area (Å²) < 4.78 is 0. The van der Waals surface area contributed by atoms with Gasteiger partial charge in [0, 0.05) is 47.4 Å². The first-order valence-corrected chi connectivity index (χ1v) is 13.1. The normalized spacial score (nSPS) is 16.0. The average molecular weight is 532 g/mol. The fourth-order valence-electron chi connectivity index (χ4n) is 5.59. The molecule has 1 aliphatic carbocycles. The van der Waals surface area contributed by atoms with Gasteiger partial charge in [0.2, 0.25) is 5.91 Å². The van der Waals surface area contributed by atoms with E-state index in [-0.39, 0.29) is 35.8 Å². The first kappa shape index (κ1) is 25.9. The number of hydrogen-bond donors (Lipinski definition) is 2. The van der Waals surface area contributed by atoms with Gasteiger partial charge in [0.15, 0.2) is 5.78 Å². The summed E-state index contributed by atoms with van der Waals surface area (Å²) in [4.78, 5) is 42.1. The molecule has 38 heavy (non-hydrogen) atoms. The number of likely N-dealkylation sites (N-methyl/N-ethyl adjacent to an activating group) is 1. The van der Waals surface area contributed by atoms with Crippen LogP contribution >= 0.6 is 11.6 Å². The van der Waals surface area contributed by atoms with Crippen molar-refractivity contribution in [3.05, 3.63) is 69.8 Å². The summed E-state index contributed by atoms with van der Waals surface area (Å²) >= 11 is 6.38. The maximum absolute atomic E-state index is 13.9. The first-order valence-electron chi connectivity index (χ1n) is 12.5. The molecule has 0 fully saturated rings. The number of rotatable bonds is 6. The Balaban J connectivity index is 1.49. The quantitative estimate of drug-likeness (QED) is 0.350. The van der Waals surface area contributed by atoms with Crippen molar-refractivity contribution in [1.29, 1.82) is 0 Å². The second-order valence-corrected chi connectivity index (χ2v) is 10.7. The van der Waals surface area contributed by atoms with Crippen LogP contribution in [0.5, 0.6) is 5.75 Å². The molecule has 7 nitrogen and oxygen atoms in total. The third-order valence-electron chi connectivity index (χ3n) is 7.28. The van der Waals surface area contributed by atoms with E-state index in [9.17, 15) is 19.5 Å². The number of benzene rings is 3. The van der Waals surface area contributed by atoms with Gasteiger partial charge in [-0.2, -0.15) is 0 Å². The highest BCUT2D eigenvalue weighted by Gasteiger charge is 2.37. The van der Waals surface area contributed by atoms with Crippen molar-refractivity contribution >= 4 is 57.4 Å². The molecule has 0 saturated carbocycles. The number of fused-ring (bicyclic) bond motifs is 4. The van der Waals surface area contributed by atoms with Crippen LogP contribution in [0.3, 0.4) is 0 Å². The zero-order chi connectivity index (χ0) is 27.3. The van der Waals surface area contributed by atoms with Crippen molar-refractivity contribution in [2.45, 2.75) is 26.2 Å². The molecule has 0 aromatic heterocycles. The Kier molecular flexibility index (Phi) is 6.75. The highest BCUT2D eigenvalue weighted by Crippen LogP contribution is 2.47. The maximum Gasteiger partial charge on any atom is 0.254 e. The molecule has 196 valence electrons. The van der Waals surface area contributed by atoms with Crippen molar-refractivity contribution in [3.63, 3.8) is 0 Å². The van der Waals surface area contributed by atoms with Gasteiger partial charge < -0.3 is 20.2 Å². The summed E-state index contributed by atoms with van der Waals surface area (Å²) in [6.07, 6.45) is 2.19. The number of anilines is 2. The molecule has 0 bridgehead atoms. The van der Waals surface area contributed by atoms with Crippen LogP contribution in [0.15, 0.2) is 42.0 Å². The molecule has 3 aromatic rings. The van der Waals surface area contributed by atoms with Gasteiger partial charge in [0.25, 0.3) is 5.91 Å². The van der Waals surface area contributed by atoms with E-state index in [2.05, 4.69) is 5.32 Å². The number of carbonyl (C=O) groups excluding carboxylic acids is 3. The lowest BCUT2D eigenvalue weighted by atomic mass is 9.92. The molecule has 2 N–H and O–H groups in total. The lowest BCUT2D eigenvalue weighted by molar-refractivity contribution is -0.117. The highest BCUT2D eigenvalue weighted by molar-refractivity contribution is 6.20. The Hall–Kier alpha value is -3.68. The Morgan fingerprint density at radius 2 is 1.95 bits per heavy atom. The van der Waals surface area contributed by atoms with Gasteiger partial charge in [0.1, 0.15) is 5.75 Å². The predicted molar refractivity (Wildman–Crippen MR) is 151 cm³/mol. The predicted octanol–water partition coefficient (Wildman–Crippen LogP) is 4.87. The number of phenols is 1. The van der Waals surface area contributed by atoms with E-state index < -0.39 is 0 Å². The molecule has 1 atom stereocenters. The van der Waals surface area contributed by atoms with Crippen LogP contribution in [0.4, 0.5) is 11.4 Å². The molecule has 2 amide bonds. The minimum Gasteiger partial charge on any atom is -0.507 e. The van der Waals surface area contributed by atoms with Gasteiger partial charge in [0.05, 0.1) is 17.9 Å². The van der Waals surface area contributed by atoms with Gasteiger partial charge in [-0.05, 0) is 73.8 Å². The van der Waals surface area contributed by atoms with Crippen LogP contribution in [0, 0.1) is 6.92 Å². The van der Waals surface area contributed by atoms with Gasteiger partial charge in [-0.1, -0.05) is 18.2 Å². The second-order valence-electron chi connectivity index (χ2n) is 10.4. The molecule has 0 spiro atoms. The lowest BCUT2D eigenvalue weighted by Gasteiger charge is -2.19. The van der Waals surface area contributed by atoms with E-state index in [0.29, 0.717) is 41.4 Å². The van der Waals surface area contributed by atoms with Crippen LogP contribution in [0.25, 0.3) is 16.8 Å². The van der Waals surface area contributed by atoms with Crippen molar-refractivity contribution in [2.24, 2.45) is 0 Å². The summed E-state index contributed by atoms with van der Waals surface area (Å²) in [5.74, 6) is -0.136. The lowest BCUT2D eigenvalue weighted by Crippen LogP contribution is -2.31. The molecule has 0 radical (unpaired) electrons. The molecule has 2 aliphatic rings. The number of hydrogen-bond acceptors (Lipinski definition) is 5. The minimum atomic E-state index is -0.220. The number of ketones is 1. The zero-order valence-electron chi connectivity index (χ0n) is 21.9. The van der Waals surface area contributed by atoms with Gasteiger partial charge in [-0.15, -0.1) is 11.6 Å². The second kappa shape index (κ2) is 9.89. The summed E-state index contributed by atoms with van der Waals surface area (Å²) in [6, 6.07) is 11.0. The van der Waals surface area contributed by atoms with Gasteiger partial charge >= 0.3 is 0 Å². The van der Waals surface area contributed by atoms with Crippen LogP contribution in [0.2, 0.25) is 0 Å². The van der Waals surface area contributed by atoms with Crippen molar-refractivity contribution in [1.82, 2.24) is 4.90 Å². The molecular weight excluding hydrogens is 502 g/mol. The molecule has 0 unspecified atom stereocenters. The Morgan fingerprint density at radius 1 is 1.18 bits per heavy atom. The SMILES string of the molecule is CC(=O)c1cc2c(cc1NC(=O)CN(C)C)CC(C(=O)N1C[C@@H](CCl)c3c1cc(O)c1cccc(C)c31)=C2.